The van der Waals surface area contributed by atoms with E-state index in [1.165, 1.54) is 24.3 Å². The molecule has 0 aliphatic rings. The van der Waals surface area contributed by atoms with E-state index < -0.39 is 5.82 Å². The van der Waals surface area contributed by atoms with E-state index in [2.05, 4.69) is 11.6 Å². The van der Waals surface area contributed by atoms with Crippen LogP contribution in [0.25, 0.3) is 11.1 Å². The minimum absolute atomic E-state index is 0.0438. The lowest BCUT2D eigenvalue weighted by Gasteiger charge is -2.13. The third kappa shape index (κ3) is 2.58. The van der Waals surface area contributed by atoms with Crippen molar-refractivity contribution < 1.29 is 9.13 Å². The largest absolute Gasteiger partial charge is 0.472 e. The summed E-state index contributed by atoms with van der Waals surface area (Å²) in [6.45, 7) is 3.60. The second-order valence-corrected chi connectivity index (χ2v) is 4.23. The molecule has 108 valence electrons. The standard InChI is InChI=1S/C16H11FN4O/c1-2-7-22-16-12(9-19)14(11(8-18)15(20)21-16)10-5-3-4-6-13(10)17/h2-6H,1,7H2,(H2,20,21). The molecule has 2 rings (SSSR count). The summed E-state index contributed by atoms with van der Waals surface area (Å²) in [7, 11) is 0. The predicted molar refractivity (Wildman–Crippen MR) is 79.2 cm³/mol. The highest BCUT2D eigenvalue weighted by Crippen LogP contribution is 2.36. The average Bonchev–Trinajstić information content (AvgIpc) is 2.52. The second-order valence-electron chi connectivity index (χ2n) is 4.23. The summed E-state index contributed by atoms with van der Waals surface area (Å²) in [4.78, 5) is 3.91. The molecule has 0 fully saturated rings. The van der Waals surface area contributed by atoms with Crippen LogP contribution >= 0.6 is 0 Å². The van der Waals surface area contributed by atoms with Gasteiger partial charge in [0.1, 0.15) is 41.5 Å². The van der Waals surface area contributed by atoms with Crippen LogP contribution in [-0.4, -0.2) is 11.6 Å². The molecular formula is C16H11FN4O. The highest BCUT2D eigenvalue weighted by atomic mass is 19.1. The number of nitriles is 2. The Morgan fingerprint density at radius 3 is 2.55 bits per heavy atom. The van der Waals surface area contributed by atoms with Crippen LogP contribution < -0.4 is 10.5 Å². The number of nitrogens with zero attached hydrogens (tertiary/aromatic N) is 3. The summed E-state index contributed by atoms with van der Waals surface area (Å²) in [5.41, 5.74) is 5.81. The molecular weight excluding hydrogens is 283 g/mol. The molecule has 1 heterocycles. The third-order valence-corrected chi connectivity index (χ3v) is 2.90. The topological polar surface area (TPSA) is 95.7 Å². The fourth-order valence-electron chi connectivity index (χ4n) is 1.97. The Labute approximate surface area is 126 Å². The van der Waals surface area contributed by atoms with Crippen LogP contribution in [0.2, 0.25) is 0 Å². The molecule has 2 aromatic rings. The van der Waals surface area contributed by atoms with Crippen LogP contribution in [0.1, 0.15) is 11.1 Å². The first-order valence-electron chi connectivity index (χ1n) is 6.26. The van der Waals surface area contributed by atoms with E-state index in [0.717, 1.165) is 0 Å². The zero-order valence-electron chi connectivity index (χ0n) is 11.5. The van der Waals surface area contributed by atoms with E-state index in [4.69, 9.17) is 10.5 Å². The minimum atomic E-state index is -0.573. The Balaban J connectivity index is 2.83. The van der Waals surface area contributed by atoms with Gasteiger partial charge >= 0.3 is 0 Å². The first kappa shape index (κ1) is 15.0. The van der Waals surface area contributed by atoms with Gasteiger partial charge in [-0.1, -0.05) is 30.9 Å². The lowest BCUT2D eigenvalue weighted by Crippen LogP contribution is -2.06. The van der Waals surface area contributed by atoms with Crippen LogP contribution in [0, 0.1) is 28.5 Å². The lowest BCUT2D eigenvalue weighted by molar-refractivity contribution is 0.348. The van der Waals surface area contributed by atoms with Gasteiger partial charge in [-0.3, -0.25) is 0 Å². The maximum absolute atomic E-state index is 14.1. The monoisotopic (exact) mass is 294 g/mol. The summed E-state index contributed by atoms with van der Waals surface area (Å²) in [6, 6.07) is 9.58. The fraction of sp³-hybridized carbons (Fsp3) is 0.0625. The maximum Gasteiger partial charge on any atom is 0.234 e. The number of ether oxygens (including phenoxy) is 1. The van der Waals surface area contributed by atoms with Crippen molar-refractivity contribution in [1.82, 2.24) is 4.98 Å². The van der Waals surface area contributed by atoms with Gasteiger partial charge in [-0.25, -0.2) is 4.39 Å². The molecule has 0 spiro atoms. The van der Waals surface area contributed by atoms with E-state index in [1.54, 1.807) is 6.07 Å². The Hall–Kier alpha value is -3.38. The number of rotatable bonds is 4. The number of pyridine rings is 1. The van der Waals surface area contributed by atoms with Crippen molar-refractivity contribution in [2.45, 2.75) is 0 Å². The average molecular weight is 294 g/mol. The van der Waals surface area contributed by atoms with Gasteiger partial charge in [0.15, 0.2) is 0 Å². The van der Waals surface area contributed by atoms with Crippen LogP contribution in [0.3, 0.4) is 0 Å². The molecule has 1 aromatic heterocycles. The van der Waals surface area contributed by atoms with Crippen molar-refractivity contribution in [2.75, 3.05) is 12.3 Å². The molecule has 0 saturated carbocycles. The van der Waals surface area contributed by atoms with Crippen LogP contribution in [-0.2, 0) is 0 Å². The molecule has 0 saturated heterocycles. The van der Waals surface area contributed by atoms with Gasteiger partial charge in [0.05, 0.1) is 0 Å². The number of halogens is 1. The summed E-state index contributed by atoms with van der Waals surface area (Å²) in [5, 5.41) is 18.7. The highest BCUT2D eigenvalue weighted by Gasteiger charge is 2.22. The Bertz CT molecular complexity index is 818. The Kier molecular flexibility index (Phi) is 4.36. The number of aromatic nitrogens is 1. The molecule has 5 nitrogen and oxygen atoms in total. The second kappa shape index (κ2) is 6.38. The quantitative estimate of drug-likeness (QED) is 0.875. The van der Waals surface area contributed by atoms with Gasteiger partial charge in [0.2, 0.25) is 5.88 Å². The van der Waals surface area contributed by atoms with Crippen molar-refractivity contribution >= 4 is 5.82 Å². The van der Waals surface area contributed by atoms with Gasteiger partial charge in [-0.05, 0) is 6.07 Å². The Morgan fingerprint density at radius 2 is 1.95 bits per heavy atom. The van der Waals surface area contributed by atoms with Crippen molar-refractivity contribution in [2.24, 2.45) is 0 Å². The van der Waals surface area contributed by atoms with Gasteiger partial charge in [0.25, 0.3) is 0 Å². The number of nitrogens with two attached hydrogens (primary N) is 1. The molecule has 1 aromatic carbocycles. The molecule has 0 aliphatic carbocycles. The summed E-state index contributed by atoms with van der Waals surface area (Å²) in [5.74, 6) is -0.758. The Morgan fingerprint density at radius 1 is 1.27 bits per heavy atom. The van der Waals surface area contributed by atoms with Gasteiger partial charge in [-0.15, -0.1) is 0 Å². The van der Waals surface area contributed by atoms with Crippen LogP contribution in [0.5, 0.6) is 5.88 Å². The number of anilines is 1. The van der Waals surface area contributed by atoms with E-state index >= 15 is 0 Å². The summed E-state index contributed by atoms with van der Waals surface area (Å²) < 4.78 is 19.4. The predicted octanol–water partition coefficient (Wildman–Crippen LogP) is 2.78. The van der Waals surface area contributed by atoms with Crippen LogP contribution in [0.15, 0.2) is 36.9 Å². The smallest absolute Gasteiger partial charge is 0.234 e. The van der Waals surface area contributed by atoms with Crippen molar-refractivity contribution in [3.8, 4) is 29.1 Å². The summed E-state index contributed by atoms with van der Waals surface area (Å²) in [6.07, 6.45) is 1.47. The SMILES string of the molecule is C=CCOc1nc(N)c(C#N)c(-c2ccccc2F)c1C#N. The molecule has 0 unspecified atom stereocenters. The molecule has 0 aliphatic heterocycles. The van der Waals surface area contributed by atoms with E-state index in [-0.39, 0.29) is 40.6 Å². The fourth-order valence-corrected chi connectivity index (χ4v) is 1.97. The molecule has 0 atom stereocenters. The van der Waals surface area contributed by atoms with Crippen molar-refractivity contribution in [3.63, 3.8) is 0 Å². The first-order chi connectivity index (χ1) is 10.6. The third-order valence-electron chi connectivity index (χ3n) is 2.90. The van der Waals surface area contributed by atoms with Crippen molar-refractivity contribution in [3.05, 3.63) is 53.9 Å². The molecule has 2 N–H and O–H groups in total. The first-order valence-corrected chi connectivity index (χ1v) is 6.26. The summed E-state index contributed by atoms with van der Waals surface area (Å²) >= 11 is 0. The van der Waals surface area contributed by atoms with Crippen molar-refractivity contribution in [1.29, 1.82) is 10.5 Å². The van der Waals surface area contributed by atoms with Gasteiger partial charge in [0, 0.05) is 11.1 Å². The van der Waals surface area contributed by atoms with E-state index in [9.17, 15) is 14.9 Å². The van der Waals surface area contributed by atoms with Gasteiger partial charge in [-0.2, -0.15) is 15.5 Å². The number of hydrogen-bond acceptors (Lipinski definition) is 5. The maximum atomic E-state index is 14.1. The van der Waals surface area contributed by atoms with Crippen LogP contribution in [0.4, 0.5) is 10.2 Å². The molecule has 22 heavy (non-hydrogen) atoms. The minimum Gasteiger partial charge on any atom is -0.472 e. The highest BCUT2D eigenvalue weighted by molar-refractivity contribution is 5.82. The molecule has 6 heteroatoms. The molecule has 0 bridgehead atoms. The van der Waals surface area contributed by atoms with E-state index in [1.807, 2.05) is 12.1 Å². The zero-order chi connectivity index (χ0) is 16.1. The number of nitrogen functional groups attached to an aromatic ring is 1. The number of benzene rings is 1. The lowest BCUT2D eigenvalue weighted by atomic mass is 9.96. The van der Waals surface area contributed by atoms with Gasteiger partial charge < -0.3 is 10.5 Å². The van der Waals surface area contributed by atoms with E-state index in [0.29, 0.717) is 0 Å². The zero-order valence-corrected chi connectivity index (χ0v) is 11.5. The molecule has 0 radical (unpaired) electrons. The molecule has 0 amide bonds. The normalized spacial score (nSPS) is 9.59. The number of hydrogen-bond donors (Lipinski definition) is 1.